The fraction of sp³-hybridized carbons (Fsp3) is 0.333. The van der Waals surface area contributed by atoms with Gasteiger partial charge in [-0.25, -0.2) is 4.98 Å². The van der Waals surface area contributed by atoms with Crippen LogP contribution in [0.2, 0.25) is 0 Å². The summed E-state index contributed by atoms with van der Waals surface area (Å²) in [6.07, 6.45) is 0.562. The van der Waals surface area contributed by atoms with E-state index in [1.165, 1.54) is 0 Å². The van der Waals surface area contributed by atoms with E-state index < -0.39 is 5.97 Å². The van der Waals surface area contributed by atoms with Crippen molar-refractivity contribution in [1.29, 1.82) is 0 Å². The molecule has 0 aliphatic rings. The first-order chi connectivity index (χ1) is 9.52. The predicted octanol–water partition coefficient (Wildman–Crippen LogP) is 1.96. The Balaban J connectivity index is 2.32. The van der Waals surface area contributed by atoms with Crippen LogP contribution in [0.25, 0.3) is 0 Å². The van der Waals surface area contributed by atoms with Crippen molar-refractivity contribution < 1.29 is 14.6 Å². The monoisotopic (exact) mass is 274 g/mol. The number of nitrogens with zero attached hydrogens (tertiary/aromatic N) is 2. The van der Waals surface area contributed by atoms with E-state index in [9.17, 15) is 4.79 Å². The van der Waals surface area contributed by atoms with Gasteiger partial charge >= 0.3 is 5.97 Å². The molecule has 0 unspecified atom stereocenters. The second kappa shape index (κ2) is 5.77. The smallest absolute Gasteiger partial charge is 0.309 e. The van der Waals surface area contributed by atoms with E-state index >= 15 is 0 Å². The van der Waals surface area contributed by atoms with Gasteiger partial charge in [-0.15, -0.1) is 0 Å². The number of carboxylic acids is 1. The lowest BCUT2D eigenvalue weighted by molar-refractivity contribution is -0.136. The molecule has 2 aromatic rings. The van der Waals surface area contributed by atoms with E-state index in [1.54, 1.807) is 7.11 Å². The molecule has 20 heavy (non-hydrogen) atoms. The molecular weight excluding hydrogens is 256 g/mol. The number of aliphatic carboxylic acids is 1. The van der Waals surface area contributed by atoms with Gasteiger partial charge in [0.25, 0.3) is 0 Å². The standard InChI is InChI=1S/C15H18N2O3/c1-10-12(9-15(18)19)16-14(17(10)2)8-11-6-4-5-7-13(11)20-3/h4-7H,8-9H2,1-3H3,(H,18,19). The Labute approximate surface area is 117 Å². The molecule has 1 heterocycles. The first kappa shape index (κ1) is 14.1. The summed E-state index contributed by atoms with van der Waals surface area (Å²) in [6.45, 7) is 1.89. The van der Waals surface area contributed by atoms with Crippen molar-refractivity contribution in [2.75, 3.05) is 7.11 Å². The van der Waals surface area contributed by atoms with Gasteiger partial charge < -0.3 is 14.4 Å². The van der Waals surface area contributed by atoms with E-state index in [0.29, 0.717) is 12.1 Å². The van der Waals surface area contributed by atoms with Gasteiger partial charge in [0.15, 0.2) is 0 Å². The largest absolute Gasteiger partial charge is 0.496 e. The number of benzene rings is 1. The number of aromatic nitrogens is 2. The third-order valence-corrected chi connectivity index (χ3v) is 3.43. The van der Waals surface area contributed by atoms with Crippen molar-refractivity contribution in [3.05, 3.63) is 47.0 Å². The maximum absolute atomic E-state index is 10.8. The number of imidazole rings is 1. The van der Waals surface area contributed by atoms with E-state index in [2.05, 4.69) is 4.98 Å². The number of hydrogen-bond acceptors (Lipinski definition) is 3. The molecule has 1 aromatic heterocycles. The molecule has 0 aliphatic carbocycles. The Kier molecular flexibility index (Phi) is 4.08. The fourth-order valence-corrected chi connectivity index (χ4v) is 2.19. The second-order valence-electron chi connectivity index (χ2n) is 4.68. The van der Waals surface area contributed by atoms with Gasteiger partial charge in [-0.3, -0.25) is 4.79 Å². The molecule has 2 rings (SSSR count). The van der Waals surface area contributed by atoms with Crippen molar-refractivity contribution in [3.8, 4) is 5.75 Å². The van der Waals surface area contributed by atoms with E-state index in [1.807, 2.05) is 42.8 Å². The molecule has 106 valence electrons. The van der Waals surface area contributed by atoms with Crippen LogP contribution in [0.3, 0.4) is 0 Å². The summed E-state index contributed by atoms with van der Waals surface area (Å²) < 4.78 is 7.26. The second-order valence-corrected chi connectivity index (χ2v) is 4.68. The molecule has 0 radical (unpaired) electrons. The zero-order chi connectivity index (χ0) is 14.7. The molecule has 1 N–H and O–H groups in total. The Morgan fingerprint density at radius 3 is 2.75 bits per heavy atom. The Hall–Kier alpha value is -2.30. The van der Waals surface area contributed by atoms with Crippen LogP contribution >= 0.6 is 0 Å². The number of carboxylic acid groups (broad SMARTS) is 1. The highest BCUT2D eigenvalue weighted by Gasteiger charge is 2.15. The average Bonchev–Trinajstić information content (AvgIpc) is 2.67. The quantitative estimate of drug-likeness (QED) is 0.905. The van der Waals surface area contributed by atoms with Gasteiger partial charge in [0, 0.05) is 24.7 Å². The van der Waals surface area contributed by atoms with Gasteiger partial charge in [0.05, 0.1) is 19.2 Å². The minimum absolute atomic E-state index is 0.0500. The summed E-state index contributed by atoms with van der Waals surface area (Å²) in [4.78, 5) is 15.3. The number of ether oxygens (including phenoxy) is 1. The zero-order valence-electron chi connectivity index (χ0n) is 11.9. The van der Waals surface area contributed by atoms with Crippen molar-refractivity contribution >= 4 is 5.97 Å². The minimum atomic E-state index is -0.866. The maximum Gasteiger partial charge on any atom is 0.309 e. The summed E-state index contributed by atoms with van der Waals surface area (Å²) in [7, 11) is 3.54. The summed E-state index contributed by atoms with van der Waals surface area (Å²) in [6, 6.07) is 7.76. The first-order valence-electron chi connectivity index (χ1n) is 6.37. The van der Waals surface area contributed by atoms with Gasteiger partial charge in [0.2, 0.25) is 0 Å². The lowest BCUT2D eigenvalue weighted by atomic mass is 10.1. The number of rotatable bonds is 5. The summed E-state index contributed by atoms with van der Waals surface area (Å²) in [5, 5.41) is 8.89. The Bertz CT molecular complexity index is 632. The number of methoxy groups -OCH3 is 1. The third-order valence-electron chi connectivity index (χ3n) is 3.43. The van der Waals surface area contributed by atoms with Crippen LogP contribution in [0.5, 0.6) is 5.75 Å². The zero-order valence-corrected chi connectivity index (χ0v) is 11.9. The van der Waals surface area contributed by atoms with Crippen molar-refractivity contribution in [1.82, 2.24) is 9.55 Å². The van der Waals surface area contributed by atoms with Crippen LogP contribution in [0.4, 0.5) is 0 Å². The topological polar surface area (TPSA) is 64.3 Å². The van der Waals surface area contributed by atoms with Gasteiger partial charge in [0.1, 0.15) is 11.6 Å². The third kappa shape index (κ3) is 2.82. The first-order valence-corrected chi connectivity index (χ1v) is 6.37. The lowest BCUT2D eigenvalue weighted by Crippen LogP contribution is -2.02. The lowest BCUT2D eigenvalue weighted by Gasteiger charge is -2.08. The average molecular weight is 274 g/mol. The molecule has 0 aliphatic heterocycles. The fourth-order valence-electron chi connectivity index (χ4n) is 2.19. The van der Waals surface area contributed by atoms with Crippen molar-refractivity contribution in [2.24, 2.45) is 7.05 Å². The number of carbonyl (C=O) groups is 1. The highest BCUT2D eigenvalue weighted by molar-refractivity contribution is 5.69. The van der Waals surface area contributed by atoms with Crippen LogP contribution in [0, 0.1) is 6.92 Å². The number of para-hydroxylation sites is 1. The summed E-state index contributed by atoms with van der Waals surface area (Å²) in [5.74, 6) is 0.784. The molecule has 0 fully saturated rings. The summed E-state index contributed by atoms with van der Waals surface area (Å²) >= 11 is 0. The normalized spacial score (nSPS) is 10.6. The van der Waals surface area contributed by atoms with E-state index in [4.69, 9.17) is 9.84 Å². The van der Waals surface area contributed by atoms with Gasteiger partial charge in [-0.05, 0) is 13.0 Å². The molecule has 0 saturated heterocycles. The van der Waals surface area contributed by atoms with Crippen molar-refractivity contribution in [2.45, 2.75) is 19.8 Å². The molecule has 1 aromatic carbocycles. The predicted molar refractivity (Wildman–Crippen MR) is 75.1 cm³/mol. The van der Waals surface area contributed by atoms with E-state index in [-0.39, 0.29) is 6.42 Å². The molecule has 5 heteroatoms. The molecular formula is C15H18N2O3. The molecule has 0 saturated carbocycles. The van der Waals surface area contributed by atoms with E-state index in [0.717, 1.165) is 22.8 Å². The molecule has 5 nitrogen and oxygen atoms in total. The molecule has 0 spiro atoms. The Morgan fingerprint density at radius 2 is 2.10 bits per heavy atom. The molecule has 0 bridgehead atoms. The highest BCUT2D eigenvalue weighted by Crippen LogP contribution is 2.21. The van der Waals surface area contributed by atoms with Gasteiger partial charge in [-0.1, -0.05) is 18.2 Å². The minimum Gasteiger partial charge on any atom is -0.496 e. The van der Waals surface area contributed by atoms with Gasteiger partial charge in [-0.2, -0.15) is 0 Å². The summed E-state index contributed by atoms with van der Waals surface area (Å²) in [5.41, 5.74) is 2.53. The molecule has 0 amide bonds. The molecule has 0 atom stereocenters. The van der Waals surface area contributed by atoms with Crippen LogP contribution < -0.4 is 4.74 Å². The van der Waals surface area contributed by atoms with Crippen molar-refractivity contribution in [3.63, 3.8) is 0 Å². The van der Waals surface area contributed by atoms with Crippen LogP contribution in [0.1, 0.15) is 22.8 Å². The highest BCUT2D eigenvalue weighted by atomic mass is 16.5. The SMILES string of the molecule is COc1ccccc1Cc1nc(CC(=O)O)c(C)n1C. The Morgan fingerprint density at radius 1 is 1.40 bits per heavy atom. The number of hydrogen-bond donors (Lipinski definition) is 1. The maximum atomic E-state index is 10.8. The van der Waals surface area contributed by atoms with Crippen LogP contribution in [-0.2, 0) is 24.7 Å². The van der Waals surface area contributed by atoms with Crippen LogP contribution in [-0.4, -0.2) is 27.7 Å². The van der Waals surface area contributed by atoms with Crippen LogP contribution in [0.15, 0.2) is 24.3 Å².